The molecule has 0 saturated carbocycles. The molecule has 3 nitrogen and oxygen atoms in total. The molecule has 1 amide bonds. The largest absolute Gasteiger partial charge is 0.328 e. The number of hydrogen-bond acceptors (Lipinski definition) is 2. The molecule has 0 heterocycles. The van der Waals surface area contributed by atoms with E-state index in [1.54, 1.807) is 6.92 Å². The monoisotopic (exact) mass is 262 g/mol. The van der Waals surface area contributed by atoms with Crippen molar-refractivity contribution in [2.45, 2.75) is 25.8 Å². The van der Waals surface area contributed by atoms with Crippen molar-refractivity contribution in [1.82, 2.24) is 0 Å². The lowest BCUT2D eigenvalue weighted by atomic mass is 10.2. The van der Waals surface area contributed by atoms with Gasteiger partial charge in [0.15, 0.2) is 5.82 Å². The third kappa shape index (κ3) is 4.28. The molecule has 1 atom stereocenters. The van der Waals surface area contributed by atoms with Gasteiger partial charge in [0.2, 0.25) is 5.91 Å². The Morgan fingerprint density at radius 2 is 2.18 bits per heavy atom. The van der Waals surface area contributed by atoms with E-state index in [2.05, 4.69) is 5.32 Å². The summed E-state index contributed by atoms with van der Waals surface area (Å²) in [4.78, 5) is 11.4. The summed E-state index contributed by atoms with van der Waals surface area (Å²) in [6, 6.07) is 1.48. The van der Waals surface area contributed by atoms with Crippen molar-refractivity contribution in [1.29, 1.82) is 0 Å². The Bertz CT molecular complexity index is 401. The van der Waals surface area contributed by atoms with E-state index < -0.39 is 17.5 Å². The maximum Gasteiger partial charge on any atom is 0.224 e. The van der Waals surface area contributed by atoms with Crippen molar-refractivity contribution in [3.63, 3.8) is 0 Å². The average molecular weight is 263 g/mol. The van der Waals surface area contributed by atoms with Crippen LogP contribution in [0.5, 0.6) is 0 Å². The second-order valence-corrected chi connectivity index (χ2v) is 4.22. The summed E-state index contributed by atoms with van der Waals surface area (Å²) in [5.74, 6) is -2.10. The van der Waals surface area contributed by atoms with Crippen LogP contribution in [-0.2, 0) is 4.79 Å². The lowest BCUT2D eigenvalue weighted by Gasteiger charge is -2.09. The van der Waals surface area contributed by atoms with Crippen LogP contribution in [0.15, 0.2) is 12.1 Å². The zero-order valence-electron chi connectivity index (χ0n) is 9.27. The van der Waals surface area contributed by atoms with Crippen LogP contribution < -0.4 is 11.1 Å². The van der Waals surface area contributed by atoms with Gasteiger partial charge in [-0.3, -0.25) is 4.79 Å². The van der Waals surface area contributed by atoms with Gasteiger partial charge in [-0.15, -0.1) is 0 Å². The first kappa shape index (κ1) is 13.9. The predicted octanol–water partition coefficient (Wildman–Crippen LogP) is 2.68. The number of hydrogen-bond donors (Lipinski definition) is 2. The highest BCUT2D eigenvalue weighted by Gasteiger charge is 2.13. The van der Waals surface area contributed by atoms with Crippen LogP contribution in [0, 0.1) is 11.6 Å². The van der Waals surface area contributed by atoms with E-state index in [4.69, 9.17) is 17.3 Å². The van der Waals surface area contributed by atoms with Crippen LogP contribution in [0.25, 0.3) is 0 Å². The maximum atomic E-state index is 13.3. The molecule has 0 aromatic heterocycles. The van der Waals surface area contributed by atoms with Crippen LogP contribution in [0.2, 0.25) is 5.02 Å². The Hall–Kier alpha value is -1.20. The second-order valence-electron chi connectivity index (χ2n) is 3.81. The zero-order chi connectivity index (χ0) is 13.0. The number of benzene rings is 1. The molecule has 0 spiro atoms. The van der Waals surface area contributed by atoms with Crippen LogP contribution in [0.4, 0.5) is 14.5 Å². The van der Waals surface area contributed by atoms with Gasteiger partial charge in [0.25, 0.3) is 0 Å². The first-order valence-electron chi connectivity index (χ1n) is 5.10. The van der Waals surface area contributed by atoms with Gasteiger partial charge < -0.3 is 11.1 Å². The molecule has 17 heavy (non-hydrogen) atoms. The number of anilines is 1. The van der Waals surface area contributed by atoms with E-state index >= 15 is 0 Å². The molecular weight excluding hydrogens is 250 g/mol. The van der Waals surface area contributed by atoms with Gasteiger partial charge in [-0.05, 0) is 19.4 Å². The number of nitrogens with two attached hydrogens (primary N) is 1. The lowest BCUT2D eigenvalue weighted by molar-refractivity contribution is -0.116. The summed E-state index contributed by atoms with van der Waals surface area (Å²) in [5.41, 5.74) is 5.28. The van der Waals surface area contributed by atoms with Crippen molar-refractivity contribution >= 4 is 23.2 Å². The van der Waals surface area contributed by atoms with E-state index in [1.165, 1.54) is 0 Å². The number of carbonyl (C=O) groups excluding carboxylic acids is 1. The minimum Gasteiger partial charge on any atom is -0.328 e. The quantitative estimate of drug-likeness (QED) is 0.877. The summed E-state index contributed by atoms with van der Waals surface area (Å²) in [6.45, 7) is 1.76. The molecule has 0 aliphatic carbocycles. The third-order valence-electron chi connectivity index (χ3n) is 2.10. The topological polar surface area (TPSA) is 55.1 Å². The number of rotatable bonds is 4. The van der Waals surface area contributed by atoms with Gasteiger partial charge in [-0.25, -0.2) is 8.78 Å². The lowest BCUT2D eigenvalue weighted by Crippen LogP contribution is -2.20. The zero-order valence-corrected chi connectivity index (χ0v) is 10.0. The summed E-state index contributed by atoms with van der Waals surface area (Å²) >= 11 is 5.62. The second kappa shape index (κ2) is 5.93. The number of amides is 1. The van der Waals surface area contributed by atoms with Gasteiger partial charge in [-0.2, -0.15) is 0 Å². The van der Waals surface area contributed by atoms with Gasteiger partial charge in [0, 0.05) is 18.5 Å². The van der Waals surface area contributed by atoms with E-state index in [-0.39, 0.29) is 23.2 Å². The molecule has 0 fully saturated rings. The van der Waals surface area contributed by atoms with E-state index in [1.807, 2.05) is 0 Å². The molecule has 0 aliphatic heterocycles. The smallest absolute Gasteiger partial charge is 0.224 e. The Balaban J connectivity index is 2.72. The molecule has 6 heteroatoms. The molecule has 1 aromatic rings. The minimum atomic E-state index is -0.899. The SMILES string of the molecule is CC(N)CCC(=O)Nc1c(F)cc(F)cc1Cl. The molecule has 94 valence electrons. The van der Waals surface area contributed by atoms with Crippen LogP contribution in [-0.4, -0.2) is 11.9 Å². The highest BCUT2D eigenvalue weighted by molar-refractivity contribution is 6.33. The van der Waals surface area contributed by atoms with Gasteiger partial charge in [0.05, 0.1) is 10.7 Å². The van der Waals surface area contributed by atoms with Crippen LogP contribution in [0.3, 0.4) is 0 Å². The number of halogens is 3. The molecule has 1 aromatic carbocycles. The molecule has 0 bridgehead atoms. The fraction of sp³-hybridized carbons (Fsp3) is 0.364. The first-order chi connectivity index (χ1) is 7.90. The van der Waals surface area contributed by atoms with Crippen LogP contribution >= 0.6 is 11.6 Å². The van der Waals surface area contributed by atoms with Gasteiger partial charge >= 0.3 is 0 Å². The Kier molecular flexibility index (Phi) is 4.84. The van der Waals surface area contributed by atoms with Gasteiger partial charge in [0.1, 0.15) is 5.82 Å². The summed E-state index contributed by atoms with van der Waals surface area (Å²) in [7, 11) is 0. The Morgan fingerprint density at radius 3 is 2.71 bits per heavy atom. The fourth-order valence-electron chi connectivity index (χ4n) is 1.22. The van der Waals surface area contributed by atoms with E-state index in [0.717, 1.165) is 6.07 Å². The first-order valence-corrected chi connectivity index (χ1v) is 5.48. The van der Waals surface area contributed by atoms with Crippen molar-refractivity contribution in [2.24, 2.45) is 5.73 Å². The van der Waals surface area contributed by atoms with Crippen molar-refractivity contribution in [3.8, 4) is 0 Å². The molecule has 3 N–H and O–H groups in total. The Labute approximate surface area is 103 Å². The Morgan fingerprint density at radius 1 is 1.53 bits per heavy atom. The van der Waals surface area contributed by atoms with Crippen LogP contribution in [0.1, 0.15) is 19.8 Å². The summed E-state index contributed by atoms with van der Waals surface area (Å²) < 4.78 is 26.1. The standard InChI is InChI=1S/C11H13ClF2N2O/c1-6(15)2-3-10(17)16-11-8(12)4-7(13)5-9(11)14/h4-6H,2-3,15H2,1H3,(H,16,17). The normalized spacial score (nSPS) is 12.3. The average Bonchev–Trinajstić information content (AvgIpc) is 2.20. The van der Waals surface area contributed by atoms with Gasteiger partial charge in [-0.1, -0.05) is 11.6 Å². The molecule has 0 saturated heterocycles. The predicted molar refractivity (Wildman–Crippen MR) is 62.9 cm³/mol. The minimum absolute atomic E-state index is 0.116. The maximum absolute atomic E-state index is 13.3. The van der Waals surface area contributed by atoms with Crippen molar-refractivity contribution in [3.05, 3.63) is 28.8 Å². The molecular formula is C11H13ClF2N2O. The highest BCUT2D eigenvalue weighted by Crippen LogP contribution is 2.26. The number of carbonyl (C=O) groups is 1. The van der Waals surface area contributed by atoms with Crippen molar-refractivity contribution < 1.29 is 13.6 Å². The summed E-state index contributed by atoms with van der Waals surface area (Å²) in [5, 5.41) is 2.12. The molecule has 1 rings (SSSR count). The third-order valence-corrected chi connectivity index (χ3v) is 2.40. The summed E-state index contributed by atoms with van der Waals surface area (Å²) in [6.07, 6.45) is 0.636. The van der Waals surface area contributed by atoms with Crippen molar-refractivity contribution in [2.75, 3.05) is 5.32 Å². The molecule has 0 radical (unpaired) electrons. The highest BCUT2D eigenvalue weighted by atomic mass is 35.5. The van der Waals surface area contributed by atoms with E-state index in [9.17, 15) is 13.6 Å². The number of nitrogens with one attached hydrogen (secondary N) is 1. The molecule has 1 unspecified atom stereocenters. The molecule has 0 aliphatic rings. The van der Waals surface area contributed by atoms with E-state index in [0.29, 0.717) is 12.5 Å². The fourth-order valence-corrected chi connectivity index (χ4v) is 1.46.